The van der Waals surface area contributed by atoms with E-state index in [1.54, 1.807) is 31.3 Å². The van der Waals surface area contributed by atoms with Crippen LogP contribution < -0.4 is 15.8 Å². The van der Waals surface area contributed by atoms with Crippen molar-refractivity contribution in [2.75, 3.05) is 12.4 Å². The lowest BCUT2D eigenvalue weighted by Gasteiger charge is -2.24. The molecule has 0 spiro atoms. The number of nitrogens with two attached hydrogens (primary N) is 1. The van der Waals surface area contributed by atoms with Gasteiger partial charge in [-0.2, -0.15) is 17.4 Å². The van der Waals surface area contributed by atoms with Crippen LogP contribution in [0.4, 0.5) is 10.5 Å². The molecule has 0 saturated heterocycles. The Morgan fingerprint density at radius 1 is 1.45 bits per heavy atom. The van der Waals surface area contributed by atoms with Crippen LogP contribution in [-0.4, -0.2) is 31.8 Å². The molecule has 0 unspecified atom stereocenters. The van der Waals surface area contributed by atoms with Crippen molar-refractivity contribution >= 4 is 21.9 Å². The van der Waals surface area contributed by atoms with Crippen molar-refractivity contribution < 1.29 is 13.2 Å². The summed E-state index contributed by atoms with van der Waals surface area (Å²) in [5, 5.41) is 2.46. The van der Waals surface area contributed by atoms with E-state index in [2.05, 4.69) is 10.0 Å². The van der Waals surface area contributed by atoms with Crippen LogP contribution in [0.25, 0.3) is 0 Å². The van der Waals surface area contributed by atoms with Crippen molar-refractivity contribution in [3.63, 3.8) is 0 Å². The summed E-state index contributed by atoms with van der Waals surface area (Å²) in [7, 11) is -1.93. The van der Waals surface area contributed by atoms with Gasteiger partial charge in [-0.05, 0) is 43.4 Å². The van der Waals surface area contributed by atoms with Gasteiger partial charge in [-0.3, -0.25) is 0 Å². The molecule has 0 bridgehead atoms. The predicted octanol–water partition coefficient (Wildman–Crippen LogP) is 1.24. The number of amides is 2. The van der Waals surface area contributed by atoms with Crippen molar-refractivity contribution in [3.8, 4) is 0 Å². The SMILES string of the molecule is C[C@@H](C1CC1)N(C)S(=O)(=O)NCc1cccc(NC(N)=O)c1. The Bertz CT molecular complexity index is 643. The first-order valence-electron chi connectivity index (χ1n) is 7.17. The molecule has 0 heterocycles. The third-order valence-electron chi connectivity index (χ3n) is 3.91. The molecule has 2 amide bonds. The van der Waals surface area contributed by atoms with Crippen LogP contribution in [-0.2, 0) is 16.8 Å². The maximum Gasteiger partial charge on any atom is 0.316 e. The van der Waals surface area contributed by atoms with Crippen molar-refractivity contribution in [1.82, 2.24) is 9.03 Å². The Morgan fingerprint density at radius 2 is 2.14 bits per heavy atom. The number of hydrogen-bond acceptors (Lipinski definition) is 3. The first-order valence-corrected chi connectivity index (χ1v) is 8.61. The zero-order valence-electron chi connectivity index (χ0n) is 12.7. The Labute approximate surface area is 131 Å². The highest BCUT2D eigenvalue weighted by molar-refractivity contribution is 7.87. The van der Waals surface area contributed by atoms with Crippen LogP contribution in [0.3, 0.4) is 0 Å². The molecule has 1 saturated carbocycles. The van der Waals surface area contributed by atoms with E-state index in [9.17, 15) is 13.2 Å². The molecule has 4 N–H and O–H groups in total. The predicted molar refractivity (Wildman–Crippen MR) is 85.4 cm³/mol. The van der Waals surface area contributed by atoms with E-state index in [1.807, 2.05) is 6.92 Å². The van der Waals surface area contributed by atoms with Crippen LogP contribution >= 0.6 is 0 Å². The van der Waals surface area contributed by atoms with Gasteiger partial charge in [-0.25, -0.2) is 4.79 Å². The van der Waals surface area contributed by atoms with Gasteiger partial charge < -0.3 is 11.1 Å². The monoisotopic (exact) mass is 326 g/mol. The summed E-state index contributed by atoms with van der Waals surface area (Å²) in [6.07, 6.45) is 2.17. The molecule has 1 aromatic carbocycles. The Balaban J connectivity index is 1.97. The zero-order chi connectivity index (χ0) is 16.3. The third-order valence-corrected chi connectivity index (χ3v) is 5.51. The summed E-state index contributed by atoms with van der Waals surface area (Å²) in [6, 6.07) is 6.21. The van der Waals surface area contributed by atoms with Crippen LogP contribution in [0.5, 0.6) is 0 Å². The topological polar surface area (TPSA) is 105 Å². The number of hydrogen-bond donors (Lipinski definition) is 3. The standard InChI is InChI=1S/C14H22N4O3S/c1-10(12-6-7-12)18(2)22(20,21)16-9-11-4-3-5-13(8-11)17-14(15)19/h3-5,8,10,12,16H,6-7,9H2,1-2H3,(H3,15,17,19)/t10-/m0/s1. The molecule has 0 radical (unpaired) electrons. The van der Waals surface area contributed by atoms with Gasteiger partial charge in [0.2, 0.25) is 0 Å². The van der Waals surface area contributed by atoms with Gasteiger partial charge >= 0.3 is 6.03 Å². The molecule has 1 atom stereocenters. The van der Waals surface area contributed by atoms with Crippen molar-refractivity contribution in [2.24, 2.45) is 11.7 Å². The number of benzene rings is 1. The normalized spacial score (nSPS) is 16.5. The maximum absolute atomic E-state index is 12.3. The molecule has 7 nitrogen and oxygen atoms in total. The summed E-state index contributed by atoms with van der Waals surface area (Å²) in [5.41, 5.74) is 6.33. The average Bonchev–Trinajstić information content (AvgIpc) is 3.28. The van der Waals surface area contributed by atoms with Crippen LogP contribution in [0.15, 0.2) is 24.3 Å². The molecule has 1 aliphatic carbocycles. The number of nitrogens with zero attached hydrogens (tertiary/aromatic N) is 1. The van der Waals surface area contributed by atoms with E-state index in [0.717, 1.165) is 18.4 Å². The van der Waals surface area contributed by atoms with Crippen LogP contribution in [0.2, 0.25) is 0 Å². The largest absolute Gasteiger partial charge is 0.351 e. The minimum Gasteiger partial charge on any atom is -0.351 e. The average molecular weight is 326 g/mol. The van der Waals surface area contributed by atoms with Crippen LogP contribution in [0, 0.1) is 5.92 Å². The lowest BCUT2D eigenvalue weighted by molar-refractivity contribution is 0.259. The van der Waals surface area contributed by atoms with E-state index in [-0.39, 0.29) is 12.6 Å². The van der Waals surface area contributed by atoms with E-state index in [4.69, 9.17) is 5.73 Å². The van der Waals surface area contributed by atoms with Gasteiger partial charge in [0, 0.05) is 25.3 Å². The quantitative estimate of drug-likeness (QED) is 0.702. The zero-order valence-corrected chi connectivity index (χ0v) is 13.6. The highest BCUT2D eigenvalue weighted by Crippen LogP contribution is 2.35. The van der Waals surface area contributed by atoms with Crippen molar-refractivity contribution in [1.29, 1.82) is 0 Å². The number of nitrogens with one attached hydrogen (secondary N) is 2. The van der Waals surface area contributed by atoms with Crippen molar-refractivity contribution in [2.45, 2.75) is 32.4 Å². The fourth-order valence-corrected chi connectivity index (χ4v) is 3.43. The van der Waals surface area contributed by atoms with Gasteiger partial charge in [0.1, 0.15) is 0 Å². The van der Waals surface area contributed by atoms with E-state index in [1.165, 1.54) is 4.31 Å². The summed E-state index contributed by atoms with van der Waals surface area (Å²) in [6.45, 7) is 2.08. The molecule has 0 aromatic heterocycles. The van der Waals surface area contributed by atoms with Gasteiger partial charge in [-0.1, -0.05) is 12.1 Å². The minimum absolute atomic E-state index is 0.000336. The van der Waals surface area contributed by atoms with E-state index in [0.29, 0.717) is 11.6 Å². The molecule has 0 aliphatic heterocycles. The lowest BCUT2D eigenvalue weighted by atomic mass is 10.2. The molecular formula is C14H22N4O3S. The Morgan fingerprint density at radius 3 is 2.73 bits per heavy atom. The second kappa shape index (κ2) is 6.64. The molecule has 122 valence electrons. The first-order chi connectivity index (χ1) is 10.3. The van der Waals surface area contributed by atoms with E-state index < -0.39 is 16.2 Å². The number of carbonyl (C=O) groups excluding carboxylic acids is 1. The molecule has 1 aromatic rings. The molecule has 1 aliphatic rings. The second-order valence-electron chi connectivity index (χ2n) is 5.61. The third kappa shape index (κ3) is 4.43. The maximum atomic E-state index is 12.3. The number of rotatable bonds is 7. The molecule has 22 heavy (non-hydrogen) atoms. The Kier molecular flexibility index (Phi) is 5.05. The summed E-state index contributed by atoms with van der Waals surface area (Å²) < 4.78 is 28.5. The van der Waals surface area contributed by atoms with Crippen molar-refractivity contribution in [3.05, 3.63) is 29.8 Å². The molecule has 2 rings (SSSR count). The first kappa shape index (κ1) is 16.7. The van der Waals surface area contributed by atoms with Crippen LogP contribution in [0.1, 0.15) is 25.3 Å². The van der Waals surface area contributed by atoms with Gasteiger partial charge in [-0.15, -0.1) is 0 Å². The summed E-state index contributed by atoms with van der Waals surface area (Å²) >= 11 is 0. The smallest absolute Gasteiger partial charge is 0.316 e. The van der Waals surface area contributed by atoms with Gasteiger partial charge in [0.25, 0.3) is 10.2 Å². The number of primary amides is 1. The number of anilines is 1. The fraction of sp³-hybridized carbons (Fsp3) is 0.500. The van der Waals surface area contributed by atoms with E-state index >= 15 is 0 Å². The molecule has 8 heteroatoms. The Hall–Kier alpha value is -1.64. The van der Waals surface area contributed by atoms with Gasteiger partial charge in [0.15, 0.2) is 0 Å². The highest BCUT2D eigenvalue weighted by atomic mass is 32.2. The lowest BCUT2D eigenvalue weighted by Crippen LogP contribution is -2.43. The second-order valence-corrected chi connectivity index (χ2v) is 7.42. The van der Waals surface area contributed by atoms with Gasteiger partial charge in [0.05, 0.1) is 0 Å². The fourth-order valence-electron chi connectivity index (χ4n) is 2.27. The minimum atomic E-state index is -3.53. The molecule has 1 fully saturated rings. The number of urea groups is 1. The molecular weight excluding hydrogens is 304 g/mol. The number of carbonyl (C=O) groups is 1. The summed E-state index contributed by atoms with van der Waals surface area (Å²) in [5.74, 6) is 0.463. The summed E-state index contributed by atoms with van der Waals surface area (Å²) in [4.78, 5) is 10.8. The highest BCUT2D eigenvalue weighted by Gasteiger charge is 2.35.